The molecule has 0 aromatic carbocycles. The molecule has 1 rings (SSSR count). The summed E-state index contributed by atoms with van der Waals surface area (Å²) < 4.78 is 5.32. The number of ether oxygens (including phenoxy) is 1. The highest BCUT2D eigenvalue weighted by molar-refractivity contribution is 4.82. The minimum absolute atomic E-state index is 0.400. The van der Waals surface area contributed by atoms with E-state index in [0.717, 1.165) is 0 Å². The second kappa shape index (κ2) is 4.07. The lowest BCUT2D eigenvalue weighted by molar-refractivity contribution is 0.0459. The van der Waals surface area contributed by atoms with Gasteiger partial charge in [-0.3, -0.25) is 4.90 Å². The molecule has 0 amide bonds. The van der Waals surface area contributed by atoms with E-state index in [1.54, 1.807) is 7.11 Å². The summed E-state index contributed by atoms with van der Waals surface area (Å²) in [5, 5.41) is 0. The monoisotopic (exact) mass is 157 g/mol. The Kier molecular flexibility index (Phi) is 3.34. The Morgan fingerprint density at radius 2 is 2.36 bits per heavy atom. The van der Waals surface area contributed by atoms with Crippen LogP contribution in [-0.4, -0.2) is 37.2 Å². The van der Waals surface area contributed by atoms with Crippen molar-refractivity contribution >= 4 is 0 Å². The normalized spacial score (nSPS) is 29.2. The molecule has 1 fully saturated rings. The van der Waals surface area contributed by atoms with Crippen molar-refractivity contribution in [3.05, 3.63) is 0 Å². The first-order valence-corrected chi connectivity index (χ1v) is 4.56. The maximum Gasteiger partial charge on any atom is 0.0698 e. The van der Waals surface area contributed by atoms with Crippen molar-refractivity contribution in [2.45, 2.75) is 38.8 Å². The van der Waals surface area contributed by atoms with E-state index >= 15 is 0 Å². The van der Waals surface area contributed by atoms with E-state index in [4.69, 9.17) is 4.74 Å². The molecule has 0 radical (unpaired) electrons. The number of likely N-dealkylation sites (N-methyl/N-ethyl adjacent to an activating group) is 1. The zero-order valence-electron chi connectivity index (χ0n) is 7.84. The summed E-state index contributed by atoms with van der Waals surface area (Å²) in [5.41, 5.74) is 0. The van der Waals surface area contributed by atoms with E-state index in [2.05, 4.69) is 18.7 Å². The lowest BCUT2D eigenvalue weighted by Crippen LogP contribution is -2.38. The van der Waals surface area contributed by atoms with Gasteiger partial charge in [0.1, 0.15) is 0 Å². The van der Waals surface area contributed by atoms with Gasteiger partial charge in [0.25, 0.3) is 0 Å². The second-order valence-corrected chi connectivity index (χ2v) is 3.28. The lowest BCUT2D eigenvalue weighted by Gasteiger charge is -2.27. The van der Waals surface area contributed by atoms with E-state index in [1.165, 1.54) is 25.9 Å². The first-order valence-electron chi connectivity index (χ1n) is 4.56. The standard InChI is InChI=1S/C9H19NO/c1-4-10-7-5-6-9(10)8(2)11-3/h8-9H,4-7H2,1-3H3/t8-,9-/m0/s1. The van der Waals surface area contributed by atoms with Crippen molar-refractivity contribution in [3.63, 3.8) is 0 Å². The van der Waals surface area contributed by atoms with Crippen molar-refractivity contribution in [2.24, 2.45) is 0 Å². The van der Waals surface area contributed by atoms with Crippen LogP contribution in [0.4, 0.5) is 0 Å². The van der Waals surface area contributed by atoms with Crippen LogP contribution in [0.15, 0.2) is 0 Å². The molecule has 66 valence electrons. The predicted molar refractivity (Wildman–Crippen MR) is 46.7 cm³/mol. The smallest absolute Gasteiger partial charge is 0.0698 e. The van der Waals surface area contributed by atoms with Gasteiger partial charge >= 0.3 is 0 Å². The molecule has 2 nitrogen and oxygen atoms in total. The average Bonchev–Trinajstić information content (AvgIpc) is 2.50. The molecule has 0 saturated carbocycles. The van der Waals surface area contributed by atoms with Crippen molar-refractivity contribution in [1.29, 1.82) is 0 Å². The van der Waals surface area contributed by atoms with Gasteiger partial charge in [-0.2, -0.15) is 0 Å². The molecule has 1 aliphatic heterocycles. The highest BCUT2D eigenvalue weighted by atomic mass is 16.5. The molecule has 0 spiro atoms. The number of hydrogen-bond donors (Lipinski definition) is 0. The van der Waals surface area contributed by atoms with Crippen molar-refractivity contribution in [2.75, 3.05) is 20.2 Å². The third-order valence-corrected chi connectivity index (χ3v) is 2.73. The Morgan fingerprint density at radius 1 is 1.64 bits per heavy atom. The van der Waals surface area contributed by atoms with Crippen LogP contribution in [0, 0.1) is 0 Å². The first-order chi connectivity index (χ1) is 5.29. The largest absolute Gasteiger partial charge is 0.380 e. The Morgan fingerprint density at radius 3 is 2.91 bits per heavy atom. The highest BCUT2D eigenvalue weighted by Gasteiger charge is 2.27. The Labute approximate surface area is 69.5 Å². The van der Waals surface area contributed by atoms with E-state index in [-0.39, 0.29) is 0 Å². The molecule has 2 heteroatoms. The summed E-state index contributed by atoms with van der Waals surface area (Å²) in [7, 11) is 1.80. The van der Waals surface area contributed by atoms with Crippen LogP contribution in [0.25, 0.3) is 0 Å². The van der Waals surface area contributed by atoms with Gasteiger partial charge in [-0.05, 0) is 32.9 Å². The van der Waals surface area contributed by atoms with Crippen LogP contribution < -0.4 is 0 Å². The molecule has 1 saturated heterocycles. The van der Waals surface area contributed by atoms with E-state index in [1.807, 2.05) is 0 Å². The third kappa shape index (κ3) is 1.94. The molecule has 11 heavy (non-hydrogen) atoms. The van der Waals surface area contributed by atoms with Gasteiger partial charge in [0, 0.05) is 13.2 Å². The zero-order chi connectivity index (χ0) is 8.27. The number of likely N-dealkylation sites (tertiary alicyclic amines) is 1. The van der Waals surface area contributed by atoms with Crippen LogP contribution in [0.3, 0.4) is 0 Å². The van der Waals surface area contributed by atoms with Gasteiger partial charge < -0.3 is 4.74 Å². The third-order valence-electron chi connectivity index (χ3n) is 2.73. The van der Waals surface area contributed by atoms with Gasteiger partial charge in [0.15, 0.2) is 0 Å². The Bertz CT molecular complexity index is 116. The molecule has 0 unspecified atom stereocenters. The molecular weight excluding hydrogens is 138 g/mol. The minimum Gasteiger partial charge on any atom is -0.380 e. The fraction of sp³-hybridized carbons (Fsp3) is 1.00. The number of rotatable bonds is 3. The van der Waals surface area contributed by atoms with Crippen LogP contribution in [0.2, 0.25) is 0 Å². The summed E-state index contributed by atoms with van der Waals surface area (Å²) in [6, 6.07) is 0.671. The summed E-state index contributed by atoms with van der Waals surface area (Å²) >= 11 is 0. The fourth-order valence-corrected chi connectivity index (χ4v) is 1.93. The van der Waals surface area contributed by atoms with Gasteiger partial charge in [-0.1, -0.05) is 6.92 Å². The van der Waals surface area contributed by atoms with Crippen molar-refractivity contribution in [1.82, 2.24) is 4.90 Å². The summed E-state index contributed by atoms with van der Waals surface area (Å²) in [6.45, 7) is 6.81. The van der Waals surface area contributed by atoms with Crippen molar-refractivity contribution < 1.29 is 4.74 Å². The Balaban J connectivity index is 2.42. The molecule has 0 bridgehead atoms. The summed E-state index contributed by atoms with van der Waals surface area (Å²) in [5.74, 6) is 0. The van der Waals surface area contributed by atoms with Crippen molar-refractivity contribution in [3.8, 4) is 0 Å². The van der Waals surface area contributed by atoms with E-state index in [0.29, 0.717) is 12.1 Å². The fourth-order valence-electron chi connectivity index (χ4n) is 1.93. The highest BCUT2D eigenvalue weighted by Crippen LogP contribution is 2.20. The summed E-state index contributed by atoms with van der Waals surface area (Å²) in [6.07, 6.45) is 3.05. The molecule has 0 aromatic rings. The number of hydrogen-bond acceptors (Lipinski definition) is 2. The maximum atomic E-state index is 5.32. The van der Waals surface area contributed by atoms with Gasteiger partial charge in [0.2, 0.25) is 0 Å². The number of nitrogens with zero attached hydrogens (tertiary/aromatic N) is 1. The van der Waals surface area contributed by atoms with Crippen LogP contribution in [0.5, 0.6) is 0 Å². The minimum atomic E-state index is 0.400. The molecular formula is C9H19NO. The zero-order valence-corrected chi connectivity index (χ0v) is 7.84. The van der Waals surface area contributed by atoms with E-state index < -0.39 is 0 Å². The first kappa shape index (κ1) is 9.01. The van der Waals surface area contributed by atoms with Gasteiger partial charge in [-0.15, -0.1) is 0 Å². The molecule has 1 heterocycles. The summed E-state index contributed by atoms with van der Waals surface area (Å²) in [4.78, 5) is 2.51. The average molecular weight is 157 g/mol. The molecule has 2 atom stereocenters. The lowest BCUT2D eigenvalue weighted by atomic mass is 10.1. The molecule has 0 N–H and O–H groups in total. The molecule has 1 aliphatic rings. The Hall–Kier alpha value is -0.0800. The van der Waals surface area contributed by atoms with Gasteiger partial charge in [0.05, 0.1) is 6.10 Å². The van der Waals surface area contributed by atoms with E-state index in [9.17, 15) is 0 Å². The second-order valence-electron chi connectivity index (χ2n) is 3.28. The van der Waals surface area contributed by atoms with Crippen LogP contribution >= 0.6 is 0 Å². The number of methoxy groups -OCH3 is 1. The SMILES string of the molecule is CCN1CCC[C@H]1[C@H](C)OC. The molecule has 0 aromatic heterocycles. The maximum absolute atomic E-state index is 5.32. The predicted octanol–water partition coefficient (Wildman–Crippen LogP) is 1.51. The van der Waals surface area contributed by atoms with Crippen LogP contribution in [-0.2, 0) is 4.74 Å². The van der Waals surface area contributed by atoms with Crippen LogP contribution in [0.1, 0.15) is 26.7 Å². The molecule has 0 aliphatic carbocycles. The topological polar surface area (TPSA) is 12.5 Å². The van der Waals surface area contributed by atoms with Gasteiger partial charge in [-0.25, -0.2) is 0 Å². The quantitative estimate of drug-likeness (QED) is 0.615.